The maximum absolute atomic E-state index is 13.1. The monoisotopic (exact) mass is 374 g/mol. The summed E-state index contributed by atoms with van der Waals surface area (Å²) in [4.78, 5) is 27.4. The van der Waals surface area contributed by atoms with E-state index in [1.54, 1.807) is 11.2 Å². The molecule has 1 atom stereocenters. The van der Waals surface area contributed by atoms with E-state index in [0.717, 1.165) is 29.7 Å². The molecule has 1 saturated heterocycles. The zero-order valence-corrected chi connectivity index (χ0v) is 15.5. The van der Waals surface area contributed by atoms with Gasteiger partial charge in [-0.15, -0.1) is 0 Å². The van der Waals surface area contributed by atoms with Crippen LogP contribution in [0.15, 0.2) is 77.4 Å². The highest BCUT2D eigenvalue weighted by Gasteiger charge is 2.31. The maximum atomic E-state index is 13.1. The van der Waals surface area contributed by atoms with Crippen LogP contribution in [-0.2, 0) is 4.79 Å². The summed E-state index contributed by atoms with van der Waals surface area (Å²) in [5, 5.41) is 2.94. The number of hydrogen-bond acceptors (Lipinski definition) is 3. The Bertz CT molecular complexity index is 950. The summed E-state index contributed by atoms with van der Waals surface area (Å²) in [6.45, 7) is 1.02. The Hall–Kier alpha value is -3.34. The van der Waals surface area contributed by atoms with Gasteiger partial charge in [-0.3, -0.25) is 9.59 Å². The zero-order valence-electron chi connectivity index (χ0n) is 15.5. The molecule has 2 aromatic carbocycles. The smallest absolute Gasteiger partial charge is 0.290 e. The first kappa shape index (κ1) is 18.0. The molecule has 5 nitrogen and oxygen atoms in total. The van der Waals surface area contributed by atoms with Crippen molar-refractivity contribution in [3.05, 3.63) is 78.8 Å². The third kappa shape index (κ3) is 3.83. The van der Waals surface area contributed by atoms with E-state index in [1.165, 1.54) is 0 Å². The van der Waals surface area contributed by atoms with Crippen molar-refractivity contribution in [1.29, 1.82) is 0 Å². The SMILES string of the molecule is O=C(Nc1ccccc1)[C@@H]1CCCN(C(=O)c2occc2-c2ccccc2)C1. The van der Waals surface area contributed by atoms with Crippen LogP contribution in [0.2, 0.25) is 0 Å². The summed E-state index contributed by atoms with van der Waals surface area (Å²) >= 11 is 0. The lowest BCUT2D eigenvalue weighted by atomic mass is 9.96. The number of nitrogens with zero attached hydrogens (tertiary/aromatic N) is 1. The Labute approximate surface area is 164 Å². The summed E-state index contributed by atoms with van der Waals surface area (Å²) in [5.41, 5.74) is 2.49. The number of rotatable bonds is 4. The molecule has 28 heavy (non-hydrogen) atoms. The van der Waals surface area contributed by atoms with Gasteiger partial charge in [-0.1, -0.05) is 48.5 Å². The lowest BCUT2D eigenvalue weighted by molar-refractivity contribution is -0.121. The second-order valence-electron chi connectivity index (χ2n) is 6.98. The second-order valence-corrected chi connectivity index (χ2v) is 6.98. The van der Waals surface area contributed by atoms with Crippen LogP contribution in [-0.4, -0.2) is 29.8 Å². The molecule has 1 N–H and O–H groups in total. The van der Waals surface area contributed by atoms with Gasteiger partial charge in [0.15, 0.2) is 5.76 Å². The molecule has 0 unspecified atom stereocenters. The minimum Gasteiger partial charge on any atom is -0.459 e. The predicted octanol–water partition coefficient (Wildman–Crippen LogP) is 4.44. The fraction of sp³-hybridized carbons (Fsp3) is 0.217. The van der Waals surface area contributed by atoms with Gasteiger partial charge in [0.25, 0.3) is 5.91 Å². The number of carbonyl (C=O) groups is 2. The van der Waals surface area contributed by atoms with E-state index in [0.29, 0.717) is 18.8 Å². The number of nitrogens with one attached hydrogen (secondary N) is 1. The van der Waals surface area contributed by atoms with E-state index in [-0.39, 0.29) is 17.7 Å². The van der Waals surface area contributed by atoms with Crippen molar-refractivity contribution in [2.75, 3.05) is 18.4 Å². The molecule has 142 valence electrons. The second kappa shape index (κ2) is 8.13. The fourth-order valence-electron chi connectivity index (χ4n) is 3.60. The number of anilines is 1. The number of likely N-dealkylation sites (tertiary alicyclic amines) is 1. The van der Waals surface area contributed by atoms with E-state index in [4.69, 9.17) is 4.42 Å². The largest absolute Gasteiger partial charge is 0.459 e. The van der Waals surface area contributed by atoms with E-state index in [2.05, 4.69) is 5.32 Å². The average molecular weight is 374 g/mol. The molecule has 1 aliphatic heterocycles. The molecule has 3 aromatic rings. The third-order valence-electron chi connectivity index (χ3n) is 5.06. The van der Waals surface area contributed by atoms with Crippen molar-refractivity contribution in [3.63, 3.8) is 0 Å². The Balaban J connectivity index is 1.47. The van der Waals surface area contributed by atoms with Gasteiger partial charge in [0, 0.05) is 24.3 Å². The molecule has 2 heterocycles. The lowest BCUT2D eigenvalue weighted by Crippen LogP contribution is -2.43. The van der Waals surface area contributed by atoms with Gasteiger partial charge < -0.3 is 14.6 Å². The number of benzene rings is 2. The average Bonchev–Trinajstić information content (AvgIpc) is 3.24. The zero-order chi connectivity index (χ0) is 19.3. The number of carbonyl (C=O) groups excluding carboxylic acids is 2. The third-order valence-corrected chi connectivity index (χ3v) is 5.06. The number of hydrogen-bond donors (Lipinski definition) is 1. The molecule has 0 bridgehead atoms. The molecule has 0 aliphatic carbocycles. The summed E-state index contributed by atoms with van der Waals surface area (Å²) < 4.78 is 5.53. The van der Waals surface area contributed by atoms with E-state index >= 15 is 0 Å². The Morgan fingerprint density at radius 2 is 1.68 bits per heavy atom. The van der Waals surface area contributed by atoms with Gasteiger partial charge in [-0.05, 0) is 36.6 Å². The van der Waals surface area contributed by atoms with E-state index in [1.807, 2.05) is 66.7 Å². The fourth-order valence-corrected chi connectivity index (χ4v) is 3.60. The van der Waals surface area contributed by atoms with Crippen LogP contribution in [0.25, 0.3) is 11.1 Å². The maximum Gasteiger partial charge on any atom is 0.290 e. The first-order valence-corrected chi connectivity index (χ1v) is 9.50. The van der Waals surface area contributed by atoms with Crippen molar-refractivity contribution in [2.24, 2.45) is 5.92 Å². The topological polar surface area (TPSA) is 62.6 Å². The standard InChI is InChI=1S/C23H22N2O3/c26-22(24-19-11-5-2-6-12-19)18-10-7-14-25(16-18)23(27)21-20(13-15-28-21)17-8-3-1-4-9-17/h1-6,8-9,11-13,15,18H,7,10,14,16H2,(H,24,26)/t18-/m1/s1. The van der Waals surface area contributed by atoms with Gasteiger partial charge in [0.2, 0.25) is 5.91 Å². The van der Waals surface area contributed by atoms with Crippen LogP contribution in [0.3, 0.4) is 0 Å². The number of furan rings is 1. The van der Waals surface area contributed by atoms with Crippen molar-refractivity contribution < 1.29 is 14.0 Å². The van der Waals surface area contributed by atoms with Crippen molar-refractivity contribution in [3.8, 4) is 11.1 Å². The van der Waals surface area contributed by atoms with Crippen LogP contribution in [0.1, 0.15) is 23.4 Å². The Morgan fingerprint density at radius 1 is 0.964 bits per heavy atom. The molecule has 1 aromatic heterocycles. The minimum atomic E-state index is -0.229. The van der Waals surface area contributed by atoms with Gasteiger partial charge in [0.05, 0.1) is 12.2 Å². The molecule has 1 fully saturated rings. The van der Waals surface area contributed by atoms with Crippen molar-refractivity contribution in [1.82, 2.24) is 4.90 Å². The molecule has 2 amide bonds. The molecular formula is C23H22N2O3. The molecule has 1 aliphatic rings. The van der Waals surface area contributed by atoms with Crippen molar-refractivity contribution >= 4 is 17.5 Å². The highest BCUT2D eigenvalue weighted by atomic mass is 16.3. The van der Waals surface area contributed by atoms with Crippen LogP contribution in [0.5, 0.6) is 0 Å². The van der Waals surface area contributed by atoms with Gasteiger partial charge >= 0.3 is 0 Å². The summed E-state index contributed by atoms with van der Waals surface area (Å²) in [6.07, 6.45) is 3.10. The van der Waals surface area contributed by atoms with Crippen molar-refractivity contribution in [2.45, 2.75) is 12.8 Å². The number of para-hydroxylation sites is 1. The highest BCUT2D eigenvalue weighted by Crippen LogP contribution is 2.28. The summed E-state index contributed by atoms with van der Waals surface area (Å²) in [7, 11) is 0. The van der Waals surface area contributed by atoms with Crippen LogP contribution in [0.4, 0.5) is 5.69 Å². The minimum absolute atomic E-state index is 0.0496. The highest BCUT2D eigenvalue weighted by molar-refractivity contribution is 5.99. The van der Waals surface area contributed by atoms with Crippen LogP contribution < -0.4 is 5.32 Å². The quantitative estimate of drug-likeness (QED) is 0.734. The first-order valence-electron chi connectivity index (χ1n) is 9.50. The van der Waals surface area contributed by atoms with Crippen LogP contribution in [0, 0.1) is 5.92 Å². The molecule has 0 radical (unpaired) electrons. The lowest BCUT2D eigenvalue weighted by Gasteiger charge is -2.31. The van der Waals surface area contributed by atoms with E-state index < -0.39 is 0 Å². The van der Waals surface area contributed by atoms with Crippen LogP contribution >= 0.6 is 0 Å². The summed E-state index contributed by atoms with van der Waals surface area (Å²) in [6, 6.07) is 20.9. The van der Waals surface area contributed by atoms with Gasteiger partial charge in [0.1, 0.15) is 0 Å². The molecule has 4 rings (SSSR count). The first-order chi connectivity index (χ1) is 13.7. The summed E-state index contributed by atoms with van der Waals surface area (Å²) in [5.74, 6) is -0.115. The molecule has 5 heteroatoms. The predicted molar refractivity (Wildman–Crippen MR) is 108 cm³/mol. The Morgan fingerprint density at radius 3 is 2.43 bits per heavy atom. The van der Waals surface area contributed by atoms with Gasteiger partial charge in [-0.25, -0.2) is 0 Å². The molecule has 0 saturated carbocycles. The Kier molecular flexibility index (Phi) is 5.24. The van der Waals surface area contributed by atoms with E-state index in [9.17, 15) is 9.59 Å². The number of amides is 2. The molecular weight excluding hydrogens is 352 g/mol. The molecule has 0 spiro atoms. The normalized spacial score (nSPS) is 16.6. The number of piperidine rings is 1. The van der Waals surface area contributed by atoms with Gasteiger partial charge in [-0.2, -0.15) is 0 Å².